The van der Waals surface area contributed by atoms with E-state index in [1.165, 1.54) is 0 Å². The maximum absolute atomic E-state index is 13.0. The first kappa shape index (κ1) is 10.8. The van der Waals surface area contributed by atoms with E-state index in [1.807, 2.05) is 0 Å². The summed E-state index contributed by atoms with van der Waals surface area (Å²) in [6.45, 7) is 3.26. The molecule has 1 saturated carbocycles. The van der Waals surface area contributed by atoms with Gasteiger partial charge in [0, 0.05) is 29.8 Å². The first-order valence-corrected chi connectivity index (χ1v) is 6.28. The molecule has 1 aliphatic heterocycles. The minimum absolute atomic E-state index is 0.0749. The Morgan fingerprint density at radius 2 is 2.14 bits per heavy atom. The highest BCUT2D eigenvalue weighted by molar-refractivity contribution is 9.09. The van der Waals surface area contributed by atoms with Crippen molar-refractivity contribution in [3.05, 3.63) is 0 Å². The van der Waals surface area contributed by atoms with E-state index in [1.54, 1.807) is 6.92 Å². The molecule has 4 heteroatoms. The van der Waals surface area contributed by atoms with E-state index in [0.717, 1.165) is 24.7 Å². The summed E-state index contributed by atoms with van der Waals surface area (Å²) >= 11 is 3.44. The van der Waals surface area contributed by atoms with Gasteiger partial charge in [-0.1, -0.05) is 22.9 Å². The van der Waals surface area contributed by atoms with Gasteiger partial charge in [-0.15, -0.1) is 0 Å². The van der Waals surface area contributed by atoms with Gasteiger partial charge in [-0.3, -0.25) is 4.90 Å². The molecule has 1 heterocycles. The van der Waals surface area contributed by atoms with Crippen molar-refractivity contribution in [2.45, 2.75) is 38.2 Å². The normalized spacial score (nSPS) is 41.6. The van der Waals surface area contributed by atoms with Crippen molar-refractivity contribution in [3.63, 3.8) is 0 Å². The zero-order chi connectivity index (χ0) is 10.4. The lowest BCUT2D eigenvalue weighted by atomic mass is 10.1. The predicted octanol–water partition coefficient (Wildman–Crippen LogP) is 2.89. The molecule has 0 aromatic rings. The van der Waals surface area contributed by atoms with Crippen LogP contribution in [0.3, 0.4) is 0 Å². The molecule has 82 valence electrons. The number of hydrogen-bond acceptors (Lipinski definition) is 1. The van der Waals surface area contributed by atoms with E-state index in [0.29, 0.717) is 12.6 Å². The fourth-order valence-corrected chi connectivity index (χ4v) is 3.08. The molecule has 0 bridgehead atoms. The molecule has 1 saturated heterocycles. The van der Waals surface area contributed by atoms with Crippen molar-refractivity contribution >= 4 is 15.9 Å². The van der Waals surface area contributed by atoms with Crippen LogP contribution >= 0.6 is 15.9 Å². The molecule has 0 aromatic heterocycles. The van der Waals surface area contributed by atoms with Gasteiger partial charge in [0.2, 0.25) is 0 Å². The third-order valence-electron chi connectivity index (χ3n) is 3.60. The van der Waals surface area contributed by atoms with Gasteiger partial charge >= 0.3 is 0 Å². The molecule has 2 aliphatic rings. The van der Waals surface area contributed by atoms with Gasteiger partial charge in [-0.2, -0.15) is 0 Å². The number of rotatable bonds is 3. The molecule has 0 amide bonds. The molecule has 1 nitrogen and oxygen atoms in total. The Morgan fingerprint density at radius 3 is 2.64 bits per heavy atom. The van der Waals surface area contributed by atoms with Crippen molar-refractivity contribution in [1.29, 1.82) is 0 Å². The summed E-state index contributed by atoms with van der Waals surface area (Å²) in [7, 11) is 0. The number of alkyl halides is 3. The van der Waals surface area contributed by atoms with Gasteiger partial charge in [-0.25, -0.2) is 8.78 Å². The van der Waals surface area contributed by atoms with Crippen LogP contribution in [0, 0.1) is 5.41 Å². The second-order valence-electron chi connectivity index (χ2n) is 4.86. The number of hydrogen-bond donors (Lipinski definition) is 0. The molecule has 1 aliphatic carbocycles. The van der Waals surface area contributed by atoms with E-state index in [2.05, 4.69) is 20.8 Å². The van der Waals surface area contributed by atoms with Crippen LogP contribution in [0.25, 0.3) is 0 Å². The van der Waals surface area contributed by atoms with Crippen molar-refractivity contribution in [3.8, 4) is 0 Å². The maximum atomic E-state index is 13.0. The highest BCUT2D eigenvalue weighted by Gasteiger charge is 2.68. The number of likely N-dealkylation sites (tertiary alicyclic amines) is 1. The summed E-state index contributed by atoms with van der Waals surface area (Å²) < 4.78 is 26.1. The Morgan fingerprint density at radius 1 is 1.50 bits per heavy atom. The predicted molar refractivity (Wildman–Crippen MR) is 56.1 cm³/mol. The van der Waals surface area contributed by atoms with Crippen molar-refractivity contribution < 1.29 is 8.78 Å². The second kappa shape index (κ2) is 3.41. The Balaban J connectivity index is 1.92. The molecule has 0 N–H and O–H groups in total. The average molecular weight is 268 g/mol. The van der Waals surface area contributed by atoms with E-state index in [-0.39, 0.29) is 6.42 Å². The van der Waals surface area contributed by atoms with Gasteiger partial charge in [0.1, 0.15) is 0 Å². The van der Waals surface area contributed by atoms with E-state index < -0.39 is 11.3 Å². The fraction of sp³-hybridized carbons (Fsp3) is 1.00. The van der Waals surface area contributed by atoms with Crippen molar-refractivity contribution in [2.24, 2.45) is 5.41 Å². The highest BCUT2D eigenvalue weighted by Crippen LogP contribution is 2.60. The molecule has 2 atom stereocenters. The van der Waals surface area contributed by atoms with Crippen LogP contribution in [-0.2, 0) is 0 Å². The van der Waals surface area contributed by atoms with Crippen LogP contribution in [-0.4, -0.2) is 35.3 Å². The van der Waals surface area contributed by atoms with Crippen molar-refractivity contribution in [2.75, 3.05) is 18.4 Å². The van der Waals surface area contributed by atoms with Gasteiger partial charge in [0.25, 0.3) is 5.92 Å². The van der Waals surface area contributed by atoms with Crippen LogP contribution < -0.4 is 0 Å². The Hall–Kier alpha value is 0.300. The van der Waals surface area contributed by atoms with E-state index in [4.69, 9.17) is 0 Å². The molecular weight excluding hydrogens is 252 g/mol. The van der Waals surface area contributed by atoms with Crippen LogP contribution in [0.1, 0.15) is 26.2 Å². The number of halogens is 3. The van der Waals surface area contributed by atoms with Crippen LogP contribution in [0.15, 0.2) is 0 Å². The minimum atomic E-state index is -2.41. The molecule has 1 unspecified atom stereocenters. The summed E-state index contributed by atoms with van der Waals surface area (Å²) in [5.41, 5.74) is -0.738. The fourth-order valence-electron chi connectivity index (χ4n) is 2.34. The second-order valence-corrected chi connectivity index (χ2v) is 5.51. The Labute approximate surface area is 92.0 Å². The zero-order valence-corrected chi connectivity index (χ0v) is 9.99. The molecule has 2 rings (SSSR count). The minimum Gasteiger partial charge on any atom is -0.299 e. The molecule has 0 radical (unpaired) electrons. The molecule has 2 fully saturated rings. The average Bonchev–Trinajstić information content (AvgIpc) is 2.48. The highest BCUT2D eigenvalue weighted by atomic mass is 79.9. The molecule has 14 heavy (non-hydrogen) atoms. The van der Waals surface area contributed by atoms with Gasteiger partial charge in [-0.05, 0) is 19.4 Å². The van der Waals surface area contributed by atoms with Crippen LogP contribution in [0.5, 0.6) is 0 Å². The van der Waals surface area contributed by atoms with Gasteiger partial charge in [0.05, 0.1) is 0 Å². The monoisotopic (exact) mass is 267 g/mol. The summed E-state index contributed by atoms with van der Waals surface area (Å²) in [4.78, 5) is 2.22. The SMILES string of the molecule is CC1(CN2CCC[C@@H]2CBr)CC1(F)F. The Bertz CT molecular complexity index is 234. The first-order valence-electron chi connectivity index (χ1n) is 5.16. The van der Waals surface area contributed by atoms with Crippen LogP contribution in [0.2, 0.25) is 0 Å². The quantitative estimate of drug-likeness (QED) is 0.711. The molecular formula is C10H16BrF2N. The summed E-state index contributed by atoms with van der Waals surface area (Å²) in [5, 5.41) is 0.911. The molecule has 0 aromatic carbocycles. The lowest BCUT2D eigenvalue weighted by Crippen LogP contribution is -2.36. The van der Waals surface area contributed by atoms with E-state index >= 15 is 0 Å². The standard InChI is InChI=1S/C10H16BrF2N/c1-9(6-10(9,12)13)7-14-4-2-3-8(14)5-11/h8H,2-7H2,1H3/t8-,9?/m1/s1. The Kier molecular flexibility index (Phi) is 2.63. The maximum Gasteiger partial charge on any atom is 0.255 e. The van der Waals surface area contributed by atoms with Crippen molar-refractivity contribution in [1.82, 2.24) is 4.90 Å². The largest absolute Gasteiger partial charge is 0.299 e. The number of nitrogens with zero attached hydrogens (tertiary/aromatic N) is 1. The summed E-state index contributed by atoms with van der Waals surface area (Å²) in [6, 6.07) is 0.475. The van der Waals surface area contributed by atoms with Crippen LogP contribution in [0.4, 0.5) is 8.78 Å². The lowest BCUT2D eigenvalue weighted by molar-refractivity contribution is 0.0523. The zero-order valence-electron chi connectivity index (χ0n) is 8.40. The van der Waals surface area contributed by atoms with Gasteiger partial charge < -0.3 is 0 Å². The summed E-state index contributed by atoms with van der Waals surface area (Å²) in [5.74, 6) is -2.41. The summed E-state index contributed by atoms with van der Waals surface area (Å²) in [6.07, 6.45) is 2.37. The third kappa shape index (κ3) is 1.71. The topological polar surface area (TPSA) is 3.24 Å². The van der Waals surface area contributed by atoms with Gasteiger partial charge in [0.15, 0.2) is 0 Å². The third-order valence-corrected chi connectivity index (χ3v) is 4.35. The lowest BCUT2D eigenvalue weighted by Gasteiger charge is -2.26. The molecule has 0 spiro atoms. The van der Waals surface area contributed by atoms with E-state index in [9.17, 15) is 8.78 Å². The first-order chi connectivity index (χ1) is 6.48. The smallest absolute Gasteiger partial charge is 0.255 e.